The maximum Gasteiger partial charge on any atom is 0.309 e. The molecule has 2 bridgehead atoms. The van der Waals surface area contributed by atoms with Crippen LogP contribution in [-0.2, 0) is 14.3 Å². The van der Waals surface area contributed by atoms with Gasteiger partial charge in [-0.1, -0.05) is 0 Å². The van der Waals surface area contributed by atoms with E-state index in [-0.39, 0.29) is 69.8 Å². The number of fused-ring (bicyclic) bond motifs is 2. The van der Waals surface area contributed by atoms with Gasteiger partial charge in [-0.25, -0.2) is 0 Å². The molecular formula is C31H41N3O7. The van der Waals surface area contributed by atoms with Crippen molar-refractivity contribution in [2.24, 2.45) is 28.6 Å². The second-order valence-electron chi connectivity index (χ2n) is 12.9. The Labute approximate surface area is 241 Å². The molecular weight excluding hydrogens is 526 g/mol. The molecule has 0 radical (unpaired) electrons. The first-order valence-corrected chi connectivity index (χ1v) is 14.7. The summed E-state index contributed by atoms with van der Waals surface area (Å²) in [5.74, 6) is -0.469. The highest BCUT2D eigenvalue weighted by atomic mass is 16.5. The Morgan fingerprint density at radius 1 is 1.05 bits per heavy atom. The maximum absolute atomic E-state index is 13.7. The summed E-state index contributed by atoms with van der Waals surface area (Å²) in [6.45, 7) is 2.97. The summed E-state index contributed by atoms with van der Waals surface area (Å²) in [6, 6.07) is 4.89. The second kappa shape index (κ2) is 11.5. The first kappa shape index (κ1) is 29.2. The van der Waals surface area contributed by atoms with E-state index in [1.165, 1.54) is 13.2 Å². The second-order valence-corrected chi connectivity index (χ2v) is 12.9. The van der Waals surface area contributed by atoms with E-state index >= 15 is 0 Å². The molecule has 4 aliphatic carbocycles. The molecule has 10 nitrogen and oxygen atoms in total. The molecule has 4 saturated carbocycles. The monoisotopic (exact) mass is 567 g/mol. The van der Waals surface area contributed by atoms with E-state index in [4.69, 9.17) is 14.2 Å². The molecule has 0 aliphatic heterocycles. The topological polar surface area (TPSA) is 147 Å². The van der Waals surface area contributed by atoms with Gasteiger partial charge in [0.15, 0.2) is 0 Å². The molecule has 1 aromatic carbocycles. The molecule has 4 fully saturated rings. The van der Waals surface area contributed by atoms with Crippen LogP contribution in [0.15, 0.2) is 12.1 Å². The minimum Gasteiger partial charge on any atom is -0.496 e. The fourth-order valence-corrected chi connectivity index (χ4v) is 7.18. The van der Waals surface area contributed by atoms with Crippen LogP contribution in [0, 0.1) is 39.9 Å². The minimum atomic E-state index is -0.813. The van der Waals surface area contributed by atoms with Crippen LogP contribution in [0.25, 0.3) is 0 Å². The molecule has 10 heteroatoms. The summed E-state index contributed by atoms with van der Waals surface area (Å²) in [7, 11) is 3.13. The summed E-state index contributed by atoms with van der Waals surface area (Å²) in [4.78, 5) is 38.7. The quantitative estimate of drug-likeness (QED) is 0.367. The van der Waals surface area contributed by atoms with E-state index in [1.807, 2.05) is 0 Å². The van der Waals surface area contributed by atoms with Crippen molar-refractivity contribution in [2.45, 2.75) is 76.9 Å². The lowest BCUT2D eigenvalue weighted by atomic mass is 9.75. The Kier molecular flexibility index (Phi) is 8.20. The van der Waals surface area contributed by atoms with Crippen molar-refractivity contribution >= 4 is 17.8 Å². The number of ether oxygens (including phenoxy) is 3. The van der Waals surface area contributed by atoms with Crippen LogP contribution in [0.5, 0.6) is 11.5 Å². The van der Waals surface area contributed by atoms with Crippen molar-refractivity contribution in [3.05, 3.63) is 23.3 Å². The Hall–Kier alpha value is -3.32. The van der Waals surface area contributed by atoms with Gasteiger partial charge in [0.1, 0.15) is 17.6 Å². The molecule has 4 aliphatic rings. The van der Waals surface area contributed by atoms with E-state index in [1.54, 1.807) is 20.1 Å². The van der Waals surface area contributed by atoms with Crippen molar-refractivity contribution in [3.8, 4) is 17.6 Å². The molecule has 0 aromatic heterocycles. The van der Waals surface area contributed by atoms with Crippen LogP contribution < -0.4 is 20.1 Å². The van der Waals surface area contributed by atoms with Gasteiger partial charge in [-0.3, -0.25) is 14.4 Å². The predicted molar refractivity (Wildman–Crippen MR) is 148 cm³/mol. The summed E-state index contributed by atoms with van der Waals surface area (Å²) in [5.41, 5.74) is -0.258. The molecule has 3 N–H and O–H groups in total. The Balaban J connectivity index is 1.30. The molecule has 4 atom stereocenters. The lowest BCUT2D eigenvalue weighted by Crippen LogP contribution is -2.50. The number of benzene rings is 1. The molecule has 1 aromatic rings. The first-order chi connectivity index (χ1) is 19.6. The number of nitriles is 1. The summed E-state index contributed by atoms with van der Waals surface area (Å²) in [6.07, 6.45) is 6.72. The smallest absolute Gasteiger partial charge is 0.309 e. The molecule has 5 rings (SSSR count). The van der Waals surface area contributed by atoms with Gasteiger partial charge in [0, 0.05) is 31.2 Å². The Morgan fingerprint density at radius 2 is 1.76 bits per heavy atom. The number of rotatable bonds is 11. The van der Waals surface area contributed by atoms with Crippen LogP contribution in [-0.4, -0.2) is 62.4 Å². The van der Waals surface area contributed by atoms with E-state index in [9.17, 15) is 24.8 Å². The molecule has 0 heterocycles. The lowest BCUT2D eigenvalue weighted by molar-refractivity contribution is -0.150. The molecule has 0 unspecified atom stereocenters. The van der Waals surface area contributed by atoms with Gasteiger partial charge in [-0.2, -0.15) is 5.26 Å². The van der Waals surface area contributed by atoms with Crippen molar-refractivity contribution in [2.75, 3.05) is 27.4 Å². The number of methoxy groups -OCH3 is 2. The SMILES string of the molecule is COCC1(CNC(=O)[C@H]2[C@@H]3CC[C@@H](C3)[C@H]2NC(=O)c2cc(OC3CCC(C)(C(=O)O)CC3)c(C#N)cc2OC)CC1. The number of carbonyl (C=O) groups excluding carboxylic acids is 2. The van der Waals surface area contributed by atoms with Crippen molar-refractivity contribution in [1.82, 2.24) is 10.6 Å². The predicted octanol–water partition coefficient (Wildman–Crippen LogP) is 3.67. The minimum absolute atomic E-state index is 0.00801. The van der Waals surface area contributed by atoms with Crippen LogP contribution in [0.1, 0.15) is 80.6 Å². The van der Waals surface area contributed by atoms with Crippen LogP contribution in [0.4, 0.5) is 0 Å². The van der Waals surface area contributed by atoms with Gasteiger partial charge < -0.3 is 30.0 Å². The first-order valence-electron chi connectivity index (χ1n) is 14.7. The maximum atomic E-state index is 13.7. The Bertz CT molecular complexity index is 1230. The van der Waals surface area contributed by atoms with Gasteiger partial charge >= 0.3 is 5.97 Å². The zero-order chi connectivity index (χ0) is 29.4. The van der Waals surface area contributed by atoms with Gasteiger partial charge in [0.25, 0.3) is 5.91 Å². The number of carboxylic acids is 1. The summed E-state index contributed by atoms with van der Waals surface area (Å²) in [5, 5.41) is 25.6. The number of hydrogen-bond donors (Lipinski definition) is 3. The molecule has 0 spiro atoms. The number of nitrogens with one attached hydrogen (secondary N) is 2. The average Bonchev–Trinajstić information content (AvgIpc) is 3.42. The molecule has 0 saturated heterocycles. The van der Waals surface area contributed by atoms with E-state index in [0.717, 1.165) is 32.1 Å². The number of aliphatic carboxylic acids is 1. The fourth-order valence-electron chi connectivity index (χ4n) is 7.18. The number of carboxylic acid groups (broad SMARTS) is 1. The Morgan fingerprint density at radius 3 is 2.37 bits per heavy atom. The summed E-state index contributed by atoms with van der Waals surface area (Å²) < 4.78 is 17.0. The number of nitrogens with zero attached hydrogens (tertiary/aromatic N) is 1. The van der Waals surface area contributed by atoms with E-state index in [2.05, 4.69) is 16.7 Å². The van der Waals surface area contributed by atoms with Crippen molar-refractivity contribution < 1.29 is 33.7 Å². The highest BCUT2D eigenvalue weighted by Gasteiger charge is 2.52. The van der Waals surface area contributed by atoms with Gasteiger partial charge in [-0.05, 0) is 82.6 Å². The van der Waals surface area contributed by atoms with Gasteiger partial charge in [-0.15, -0.1) is 0 Å². The lowest BCUT2D eigenvalue weighted by Gasteiger charge is -2.34. The number of amides is 2. The largest absolute Gasteiger partial charge is 0.496 e. The third-order valence-corrected chi connectivity index (χ3v) is 10.1. The van der Waals surface area contributed by atoms with Crippen molar-refractivity contribution in [1.29, 1.82) is 5.26 Å². The third-order valence-electron chi connectivity index (χ3n) is 10.1. The average molecular weight is 568 g/mol. The zero-order valence-corrected chi connectivity index (χ0v) is 24.2. The summed E-state index contributed by atoms with van der Waals surface area (Å²) >= 11 is 0. The zero-order valence-electron chi connectivity index (χ0n) is 24.2. The number of carbonyl (C=O) groups is 3. The normalized spacial score (nSPS) is 31.1. The van der Waals surface area contributed by atoms with E-state index in [0.29, 0.717) is 38.8 Å². The van der Waals surface area contributed by atoms with Gasteiger partial charge in [0.2, 0.25) is 5.91 Å². The standard InChI is InChI=1S/C31H41N3O7/c1-30(29(37)38)8-6-21(7-9-30)41-23-14-22(24(40-3)13-20(23)15-32)27(35)34-26-19-5-4-18(12-19)25(26)28(36)33-16-31(10-11-31)17-39-2/h13-14,18-19,21,25-26H,4-12,16-17H2,1-3H3,(H,33,36)(H,34,35)(H,37,38)/t18-,19+,21?,25+,26-,30?/m1/s1. The van der Waals surface area contributed by atoms with Crippen LogP contribution >= 0.6 is 0 Å². The van der Waals surface area contributed by atoms with Crippen molar-refractivity contribution in [3.63, 3.8) is 0 Å². The van der Waals surface area contributed by atoms with Gasteiger partial charge in [0.05, 0.1) is 42.3 Å². The van der Waals surface area contributed by atoms with Crippen LogP contribution in [0.2, 0.25) is 0 Å². The highest BCUT2D eigenvalue weighted by molar-refractivity contribution is 5.98. The highest BCUT2D eigenvalue weighted by Crippen LogP contribution is 2.50. The molecule has 2 amide bonds. The number of hydrogen-bond acceptors (Lipinski definition) is 7. The van der Waals surface area contributed by atoms with Crippen LogP contribution in [0.3, 0.4) is 0 Å². The fraction of sp³-hybridized carbons (Fsp3) is 0.677. The molecule has 222 valence electrons. The third kappa shape index (κ3) is 5.87. The van der Waals surface area contributed by atoms with E-state index < -0.39 is 11.4 Å². The molecule has 41 heavy (non-hydrogen) atoms.